The Labute approximate surface area is 72.7 Å². The number of amides is 1. The van der Waals surface area contributed by atoms with Crippen molar-refractivity contribution >= 4 is 27.5 Å². The number of anilines is 1. The van der Waals surface area contributed by atoms with Gasteiger partial charge in [-0.25, -0.2) is 0 Å². The van der Waals surface area contributed by atoms with Gasteiger partial charge in [0, 0.05) is 5.69 Å². The van der Waals surface area contributed by atoms with Crippen LogP contribution in [0.4, 0.5) is 5.69 Å². The lowest BCUT2D eigenvalue weighted by Gasteiger charge is -1.95. The third kappa shape index (κ3) is 0.959. The summed E-state index contributed by atoms with van der Waals surface area (Å²) in [5.74, 6) is 0.0196. The lowest BCUT2D eigenvalue weighted by molar-refractivity contribution is -0.115. The Morgan fingerprint density at radius 3 is 2.82 bits per heavy atom. The van der Waals surface area contributed by atoms with E-state index in [1.807, 2.05) is 24.3 Å². The molecule has 1 heterocycles. The molecule has 0 aromatic heterocycles. The van der Waals surface area contributed by atoms with Crippen LogP contribution in [-0.2, 0) is 4.79 Å². The van der Waals surface area contributed by atoms with E-state index in [1.165, 1.54) is 0 Å². The minimum absolute atomic E-state index is 0.0196. The first kappa shape index (κ1) is 6.85. The highest BCUT2D eigenvalue weighted by Crippen LogP contribution is 2.35. The highest BCUT2D eigenvalue weighted by Gasteiger charge is 2.26. The lowest BCUT2D eigenvalue weighted by atomic mass is 10.2. The molecule has 1 N–H and O–H groups in total. The van der Waals surface area contributed by atoms with Gasteiger partial charge in [-0.05, 0) is 11.6 Å². The molecule has 0 spiro atoms. The maximum absolute atomic E-state index is 11.1. The van der Waals surface area contributed by atoms with E-state index in [-0.39, 0.29) is 10.7 Å². The maximum atomic E-state index is 11.1. The molecule has 0 aliphatic carbocycles. The second-order valence-corrected chi connectivity index (χ2v) is 3.35. The monoisotopic (exact) mass is 211 g/mol. The number of hydrogen-bond donors (Lipinski definition) is 1. The van der Waals surface area contributed by atoms with Crippen molar-refractivity contribution in [2.75, 3.05) is 5.32 Å². The number of benzene rings is 1. The first-order chi connectivity index (χ1) is 5.29. The minimum atomic E-state index is -0.168. The van der Waals surface area contributed by atoms with E-state index < -0.39 is 0 Å². The molecule has 0 bridgehead atoms. The molecule has 2 nitrogen and oxygen atoms in total. The number of halogens is 1. The standard InChI is InChI=1S/C8H6BrNO/c9-7-5-3-1-2-4-6(5)10-8(7)11/h1-4,7H,(H,10,11)/t7-/m0/s1. The van der Waals surface area contributed by atoms with Crippen LogP contribution in [0.15, 0.2) is 24.3 Å². The molecule has 1 amide bonds. The van der Waals surface area contributed by atoms with Gasteiger partial charge in [0.1, 0.15) is 4.83 Å². The van der Waals surface area contributed by atoms with Crippen molar-refractivity contribution in [1.82, 2.24) is 0 Å². The summed E-state index contributed by atoms with van der Waals surface area (Å²) in [6.07, 6.45) is 0. The molecule has 0 saturated heterocycles. The first-order valence-electron chi connectivity index (χ1n) is 3.33. The zero-order valence-corrected chi connectivity index (χ0v) is 7.26. The van der Waals surface area contributed by atoms with Crippen LogP contribution in [0.2, 0.25) is 0 Å². The SMILES string of the molecule is O=C1Nc2ccccc2[C@@H]1Br. The van der Waals surface area contributed by atoms with E-state index in [4.69, 9.17) is 0 Å². The van der Waals surface area contributed by atoms with Crippen LogP contribution in [0.25, 0.3) is 0 Å². The fraction of sp³-hybridized carbons (Fsp3) is 0.125. The van der Waals surface area contributed by atoms with Gasteiger partial charge in [-0.1, -0.05) is 34.1 Å². The molecule has 0 fully saturated rings. The summed E-state index contributed by atoms with van der Waals surface area (Å²) in [5.41, 5.74) is 1.94. The van der Waals surface area contributed by atoms with Crippen LogP contribution in [0.5, 0.6) is 0 Å². The molecule has 56 valence electrons. The van der Waals surface area contributed by atoms with Crippen molar-refractivity contribution in [2.24, 2.45) is 0 Å². The second kappa shape index (κ2) is 2.34. The van der Waals surface area contributed by atoms with Crippen molar-refractivity contribution in [3.63, 3.8) is 0 Å². The molecule has 1 aromatic rings. The smallest absolute Gasteiger partial charge is 0.242 e. The van der Waals surface area contributed by atoms with Crippen LogP contribution in [-0.4, -0.2) is 5.91 Å². The van der Waals surface area contributed by atoms with Gasteiger partial charge >= 0.3 is 0 Å². The van der Waals surface area contributed by atoms with Gasteiger partial charge in [0.15, 0.2) is 0 Å². The Bertz CT molecular complexity index is 311. The fourth-order valence-electron chi connectivity index (χ4n) is 1.17. The Kier molecular flexibility index (Phi) is 1.46. The predicted octanol–water partition coefficient (Wildman–Crippen LogP) is 2.07. The van der Waals surface area contributed by atoms with Crippen LogP contribution in [0, 0.1) is 0 Å². The molecule has 1 aliphatic heterocycles. The summed E-state index contributed by atoms with van der Waals surface area (Å²) in [7, 11) is 0. The highest BCUT2D eigenvalue weighted by atomic mass is 79.9. The molecule has 0 radical (unpaired) electrons. The summed E-state index contributed by atoms with van der Waals surface area (Å²) >= 11 is 3.29. The van der Waals surface area contributed by atoms with E-state index in [0.717, 1.165) is 11.3 Å². The minimum Gasteiger partial charge on any atom is -0.325 e. The average Bonchev–Trinajstić information content (AvgIpc) is 2.30. The van der Waals surface area contributed by atoms with Gasteiger partial charge in [0.25, 0.3) is 0 Å². The van der Waals surface area contributed by atoms with Crippen molar-refractivity contribution in [1.29, 1.82) is 0 Å². The van der Waals surface area contributed by atoms with Gasteiger partial charge < -0.3 is 5.32 Å². The van der Waals surface area contributed by atoms with Gasteiger partial charge in [0.05, 0.1) is 0 Å². The van der Waals surface area contributed by atoms with Gasteiger partial charge in [-0.3, -0.25) is 4.79 Å². The largest absolute Gasteiger partial charge is 0.325 e. The molecule has 0 saturated carbocycles. The van der Waals surface area contributed by atoms with Gasteiger partial charge in [-0.15, -0.1) is 0 Å². The number of carbonyl (C=O) groups is 1. The fourth-order valence-corrected chi connectivity index (χ4v) is 1.68. The van der Waals surface area contributed by atoms with Crippen LogP contribution in [0.1, 0.15) is 10.4 Å². The van der Waals surface area contributed by atoms with Crippen molar-refractivity contribution in [3.05, 3.63) is 29.8 Å². The molecule has 1 atom stereocenters. The number of hydrogen-bond acceptors (Lipinski definition) is 1. The normalized spacial score (nSPS) is 21.2. The number of nitrogens with one attached hydrogen (secondary N) is 1. The number of alkyl halides is 1. The van der Waals surface area contributed by atoms with E-state index in [1.54, 1.807) is 0 Å². The molecule has 3 heteroatoms. The van der Waals surface area contributed by atoms with Crippen molar-refractivity contribution in [3.8, 4) is 0 Å². The highest BCUT2D eigenvalue weighted by molar-refractivity contribution is 9.09. The Balaban J connectivity index is 2.55. The topological polar surface area (TPSA) is 29.1 Å². The summed E-state index contributed by atoms with van der Waals surface area (Å²) in [6.45, 7) is 0. The molecular formula is C8H6BrNO. The number of fused-ring (bicyclic) bond motifs is 1. The molecule has 0 unspecified atom stereocenters. The Morgan fingerprint density at radius 2 is 2.09 bits per heavy atom. The zero-order chi connectivity index (χ0) is 7.84. The maximum Gasteiger partial charge on any atom is 0.242 e. The predicted molar refractivity (Wildman–Crippen MR) is 46.7 cm³/mol. The summed E-state index contributed by atoms with van der Waals surface area (Å²) < 4.78 is 0. The number of para-hydroxylation sites is 1. The quantitative estimate of drug-likeness (QED) is 0.655. The lowest BCUT2D eigenvalue weighted by Crippen LogP contribution is -2.06. The molecule has 11 heavy (non-hydrogen) atoms. The van der Waals surface area contributed by atoms with E-state index in [9.17, 15) is 4.79 Å². The number of carbonyl (C=O) groups excluding carboxylic acids is 1. The van der Waals surface area contributed by atoms with Crippen molar-refractivity contribution < 1.29 is 4.79 Å². The molecular weight excluding hydrogens is 206 g/mol. The summed E-state index contributed by atoms with van der Waals surface area (Å²) in [5, 5.41) is 2.76. The van der Waals surface area contributed by atoms with Gasteiger partial charge in [-0.2, -0.15) is 0 Å². The van der Waals surface area contributed by atoms with Crippen LogP contribution < -0.4 is 5.32 Å². The molecule has 2 rings (SSSR count). The number of rotatable bonds is 0. The van der Waals surface area contributed by atoms with Crippen molar-refractivity contribution in [2.45, 2.75) is 4.83 Å². The summed E-state index contributed by atoms with van der Waals surface area (Å²) in [6, 6.07) is 7.67. The second-order valence-electron chi connectivity index (χ2n) is 2.44. The average molecular weight is 212 g/mol. The Morgan fingerprint density at radius 1 is 1.36 bits per heavy atom. The molecule has 1 aliphatic rings. The van der Waals surface area contributed by atoms with E-state index in [0.29, 0.717) is 0 Å². The zero-order valence-electron chi connectivity index (χ0n) is 5.67. The van der Waals surface area contributed by atoms with E-state index in [2.05, 4.69) is 21.2 Å². The van der Waals surface area contributed by atoms with Gasteiger partial charge in [0.2, 0.25) is 5.91 Å². The van der Waals surface area contributed by atoms with Crippen LogP contribution in [0.3, 0.4) is 0 Å². The first-order valence-corrected chi connectivity index (χ1v) is 4.24. The third-order valence-electron chi connectivity index (χ3n) is 1.72. The van der Waals surface area contributed by atoms with E-state index >= 15 is 0 Å². The molecule has 1 aromatic carbocycles. The summed E-state index contributed by atoms with van der Waals surface area (Å²) in [4.78, 5) is 10.9. The van der Waals surface area contributed by atoms with Crippen LogP contribution >= 0.6 is 15.9 Å². The Hall–Kier alpha value is -0.830. The third-order valence-corrected chi connectivity index (χ3v) is 2.63.